The number of hydrogen-bond donors (Lipinski definition) is 1. The molecule has 1 saturated carbocycles. The first-order valence-corrected chi connectivity index (χ1v) is 13.3. The average molecular weight is 508 g/mol. The summed E-state index contributed by atoms with van der Waals surface area (Å²) in [4.78, 5) is 30.3. The molecule has 0 unspecified atom stereocenters. The van der Waals surface area contributed by atoms with Crippen molar-refractivity contribution in [3.05, 3.63) is 29.7 Å². The van der Waals surface area contributed by atoms with Crippen molar-refractivity contribution in [2.75, 3.05) is 50.9 Å². The summed E-state index contributed by atoms with van der Waals surface area (Å²) in [6, 6.07) is 4.28. The first-order valence-electron chi connectivity index (χ1n) is 13.3. The Labute approximate surface area is 215 Å². The van der Waals surface area contributed by atoms with Crippen LogP contribution in [0.5, 0.6) is 6.01 Å². The van der Waals surface area contributed by atoms with Crippen LogP contribution in [0, 0.1) is 0 Å². The summed E-state index contributed by atoms with van der Waals surface area (Å²) in [7, 11) is 0. The van der Waals surface area contributed by atoms with Gasteiger partial charge in [-0.25, -0.2) is 14.8 Å². The molecule has 3 aliphatic rings. The lowest BCUT2D eigenvalue weighted by molar-refractivity contribution is 0.0115. The third-order valence-corrected chi connectivity index (χ3v) is 7.83. The van der Waals surface area contributed by atoms with Crippen molar-refractivity contribution in [1.29, 1.82) is 0 Å². The molecule has 2 aliphatic heterocycles. The van der Waals surface area contributed by atoms with Gasteiger partial charge in [-0.3, -0.25) is 4.90 Å². The highest BCUT2D eigenvalue weighted by molar-refractivity contribution is 5.98. The number of hydrogen-bond acceptors (Lipinski definition) is 9. The molecule has 0 radical (unpaired) electrons. The number of aromatic nitrogens is 5. The molecule has 0 bridgehead atoms. The van der Waals surface area contributed by atoms with Gasteiger partial charge in [0.25, 0.3) is 0 Å². The number of carbonyl (C=O) groups is 1. The Morgan fingerprint density at radius 3 is 2.59 bits per heavy atom. The highest BCUT2D eigenvalue weighted by Crippen LogP contribution is 2.43. The quantitative estimate of drug-likeness (QED) is 0.511. The highest BCUT2D eigenvalue weighted by atomic mass is 16.5. The molecule has 11 nitrogen and oxygen atoms in total. The second kappa shape index (κ2) is 10.2. The van der Waals surface area contributed by atoms with E-state index in [0.29, 0.717) is 30.0 Å². The van der Waals surface area contributed by atoms with Gasteiger partial charge in [0.2, 0.25) is 0 Å². The van der Waals surface area contributed by atoms with E-state index in [1.807, 2.05) is 6.92 Å². The fourth-order valence-electron chi connectivity index (χ4n) is 5.67. The van der Waals surface area contributed by atoms with Gasteiger partial charge < -0.3 is 19.5 Å². The first kappa shape index (κ1) is 24.1. The second-order valence-corrected chi connectivity index (χ2v) is 9.95. The Bertz CT molecular complexity index is 1280. The van der Waals surface area contributed by atoms with E-state index in [1.165, 1.54) is 6.42 Å². The number of rotatable bonds is 7. The molecular formula is C26H33N7O4. The number of ether oxygens (including phenoxy) is 2. The summed E-state index contributed by atoms with van der Waals surface area (Å²) in [6.45, 7) is 7.60. The van der Waals surface area contributed by atoms with Gasteiger partial charge in [-0.15, -0.1) is 0 Å². The van der Waals surface area contributed by atoms with E-state index in [1.54, 1.807) is 23.0 Å². The molecule has 0 amide bonds. The van der Waals surface area contributed by atoms with Crippen LogP contribution in [0.2, 0.25) is 0 Å². The number of morpholine rings is 1. The molecule has 0 aromatic carbocycles. The molecule has 5 heterocycles. The van der Waals surface area contributed by atoms with E-state index in [9.17, 15) is 9.90 Å². The fraction of sp³-hybridized carbons (Fsp3) is 0.577. The molecule has 1 N–H and O–H groups in total. The predicted octanol–water partition coefficient (Wildman–Crippen LogP) is 2.88. The Morgan fingerprint density at radius 1 is 1.14 bits per heavy atom. The molecule has 3 aromatic heterocycles. The van der Waals surface area contributed by atoms with Crippen LogP contribution in [-0.2, 0) is 4.74 Å². The van der Waals surface area contributed by atoms with Crippen LogP contribution in [0.1, 0.15) is 61.1 Å². The number of piperidine rings is 1. The molecule has 3 aromatic rings. The molecule has 0 spiro atoms. The largest absolute Gasteiger partial charge is 0.477 e. The number of carboxylic acids is 1. The third kappa shape index (κ3) is 4.61. The minimum absolute atomic E-state index is 0.0122. The molecule has 0 atom stereocenters. The molecule has 2 saturated heterocycles. The Balaban J connectivity index is 1.42. The molecular weight excluding hydrogens is 474 g/mol. The molecule has 1 aliphatic carbocycles. The van der Waals surface area contributed by atoms with E-state index in [0.717, 1.165) is 81.8 Å². The van der Waals surface area contributed by atoms with Gasteiger partial charge in [-0.1, -0.05) is 6.42 Å². The van der Waals surface area contributed by atoms with Crippen molar-refractivity contribution in [2.45, 2.75) is 51.0 Å². The SMILES string of the molecule is CCOc1nccc(-n2nc(C3CCC3)c3c(N4CCC(N5CCOCC5)CC4)cc(C(=O)O)nc32)n1. The molecule has 37 heavy (non-hydrogen) atoms. The number of aromatic carboxylic acids is 1. The van der Waals surface area contributed by atoms with Gasteiger partial charge in [-0.2, -0.15) is 14.8 Å². The topological polar surface area (TPSA) is 119 Å². The second-order valence-electron chi connectivity index (χ2n) is 9.95. The van der Waals surface area contributed by atoms with Crippen molar-refractivity contribution in [3.8, 4) is 11.8 Å². The third-order valence-electron chi connectivity index (χ3n) is 7.83. The van der Waals surface area contributed by atoms with Gasteiger partial charge in [-0.05, 0) is 38.7 Å². The van der Waals surface area contributed by atoms with E-state index < -0.39 is 5.97 Å². The fourth-order valence-corrected chi connectivity index (χ4v) is 5.67. The van der Waals surface area contributed by atoms with Crippen LogP contribution in [-0.4, -0.2) is 92.7 Å². The Kier molecular flexibility index (Phi) is 6.64. The lowest BCUT2D eigenvalue weighted by atomic mass is 9.82. The maximum Gasteiger partial charge on any atom is 0.354 e. The highest BCUT2D eigenvalue weighted by Gasteiger charge is 2.32. The molecule has 11 heteroatoms. The minimum Gasteiger partial charge on any atom is -0.477 e. The number of pyridine rings is 1. The van der Waals surface area contributed by atoms with Gasteiger partial charge in [0.05, 0.1) is 36.6 Å². The van der Waals surface area contributed by atoms with Crippen LogP contribution in [0.15, 0.2) is 18.3 Å². The van der Waals surface area contributed by atoms with Crippen molar-refractivity contribution in [2.24, 2.45) is 0 Å². The monoisotopic (exact) mass is 507 g/mol. The Morgan fingerprint density at radius 2 is 1.92 bits per heavy atom. The van der Waals surface area contributed by atoms with Crippen LogP contribution >= 0.6 is 0 Å². The smallest absolute Gasteiger partial charge is 0.354 e. The van der Waals surface area contributed by atoms with Crippen LogP contribution < -0.4 is 9.64 Å². The van der Waals surface area contributed by atoms with Crippen LogP contribution in [0.25, 0.3) is 16.9 Å². The summed E-state index contributed by atoms with van der Waals surface area (Å²) >= 11 is 0. The van der Waals surface area contributed by atoms with Crippen molar-refractivity contribution >= 4 is 22.7 Å². The molecule has 196 valence electrons. The summed E-state index contributed by atoms with van der Waals surface area (Å²) < 4.78 is 12.7. The summed E-state index contributed by atoms with van der Waals surface area (Å²) in [5, 5.41) is 15.9. The summed E-state index contributed by atoms with van der Waals surface area (Å²) in [5.41, 5.74) is 2.43. The van der Waals surface area contributed by atoms with Crippen molar-refractivity contribution in [3.63, 3.8) is 0 Å². The van der Waals surface area contributed by atoms with E-state index in [2.05, 4.69) is 24.8 Å². The lowest BCUT2D eigenvalue weighted by Gasteiger charge is -2.41. The number of nitrogens with zero attached hydrogens (tertiary/aromatic N) is 7. The van der Waals surface area contributed by atoms with Crippen molar-refractivity contribution in [1.82, 2.24) is 29.6 Å². The average Bonchev–Trinajstić information content (AvgIpc) is 3.27. The lowest BCUT2D eigenvalue weighted by Crippen LogP contribution is -2.49. The summed E-state index contributed by atoms with van der Waals surface area (Å²) in [5.74, 6) is -0.206. The molecule has 6 rings (SSSR count). The van der Waals surface area contributed by atoms with E-state index in [-0.39, 0.29) is 11.7 Å². The van der Waals surface area contributed by atoms with Gasteiger partial charge in [0.15, 0.2) is 17.2 Å². The normalized spacial score (nSPS) is 19.8. The zero-order chi connectivity index (χ0) is 25.4. The van der Waals surface area contributed by atoms with Crippen molar-refractivity contribution < 1.29 is 19.4 Å². The van der Waals surface area contributed by atoms with Gasteiger partial charge >= 0.3 is 12.0 Å². The maximum atomic E-state index is 12.2. The van der Waals surface area contributed by atoms with Crippen LogP contribution in [0.3, 0.4) is 0 Å². The minimum atomic E-state index is -1.05. The number of carboxylic acid groups (broad SMARTS) is 1. The first-order chi connectivity index (χ1) is 18.1. The predicted molar refractivity (Wildman–Crippen MR) is 137 cm³/mol. The van der Waals surface area contributed by atoms with Gasteiger partial charge in [0, 0.05) is 50.4 Å². The van der Waals surface area contributed by atoms with Crippen LogP contribution in [0.4, 0.5) is 5.69 Å². The standard InChI is InChI=1S/C26H33N7O4/c1-2-37-26-27-9-6-21(29-26)33-24-22(23(30-33)17-4-3-5-17)20(16-19(28-24)25(34)35)32-10-7-18(8-11-32)31-12-14-36-15-13-31/h6,9,16-18H,2-5,7-8,10-15H2,1H3,(H,34,35). The summed E-state index contributed by atoms with van der Waals surface area (Å²) in [6.07, 6.45) is 6.99. The van der Waals surface area contributed by atoms with E-state index in [4.69, 9.17) is 14.6 Å². The van der Waals surface area contributed by atoms with E-state index >= 15 is 0 Å². The number of fused-ring (bicyclic) bond motifs is 1. The zero-order valence-electron chi connectivity index (χ0n) is 21.2. The Hall–Kier alpha value is -3.31. The maximum absolute atomic E-state index is 12.2. The zero-order valence-corrected chi connectivity index (χ0v) is 21.2. The van der Waals surface area contributed by atoms with Gasteiger partial charge in [0.1, 0.15) is 0 Å². The number of anilines is 1. The molecule has 3 fully saturated rings.